The van der Waals surface area contributed by atoms with Gasteiger partial charge in [-0.25, -0.2) is 23.1 Å². The largest absolute Gasteiger partial charge is 0.462 e. The molecule has 9 nitrogen and oxygen atoms in total. The van der Waals surface area contributed by atoms with Crippen LogP contribution in [0, 0.1) is 6.92 Å². The summed E-state index contributed by atoms with van der Waals surface area (Å²) in [6.45, 7) is 3.31. The summed E-state index contributed by atoms with van der Waals surface area (Å²) in [5, 5.41) is 10.8. The minimum absolute atomic E-state index is 0.181. The summed E-state index contributed by atoms with van der Waals surface area (Å²) in [7, 11) is 0. The molecule has 4 rings (SSSR count). The average molecular weight is 533 g/mol. The predicted octanol–water partition coefficient (Wildman–Crippen LogP) is 4.42. The molecule has 176 valence electrons. The number of carbonyl (C=O) groups excluding carboxylic acids is 2. The van der Waals surface area contributed by atoms with E-state index in [1.807, 2.05) is 6.07 Å². The van der Waals surface area contributed by atoms with E-state index in [0.29, 0.717) is 28.3 Å². The Morgan fingerprint density at radius 3 is 2.76 bits per heavy atom. The zero-order valence-electron chi connectivity index (χ0n) is 18.1. The van der Waals surface area contributed by atoms with Crippen molar-refractivity contribution in [2.45, 2.75) is 26.8 Å². The number of hydrogen-bond acceptors (Lipinski definition) is 6. The van der Waals surface area contributed by atoms with Crippen molar-refractivity contribution in [3.63, 3.8) is 0 Å². The molecule has 12 heteroatoms. The van der Waals surface area contributed by atoms with Gasteiger partial charge in [-0.05, 0) is 48.0 Å². The first kappa shape index (κ1) is 23.5. The summed E-state index contributed by atoms with van der Waals surface area (Å²) in [6.07, 6.45) is 0.199. The number of fused-ring (bicyclic) bond motifs is 1. The van der Waals surface area contributed by atoms with Crippen molar-refractivity contribution in [3.8, 4) is 11.3 Å². The molecule has 0 fully saturated rings. The second-order valence-corrected chi connectivity index (χ2v) is 8.01. The molecule has 34 heavy (non-hydrogen) atoms. The number of rotatable bonds is 7. The highest BCUT2D eigenvalue weighted by molar-refractivity contribution is 9.10. The Labute approximate surface area is 200 Å². The average Bonchev–Trinajstić information content (AvgIpc) is 3.36. The molecule has 4 aromatic rings. The SMILES string of the molecule is CCOC(=O)c1cnn2c(-c3cccc(NC(=O)Cn4nc(C(F)F)c(Br)c4C)c3)ccnc12. The topological polar surface area (TPSA) is 103 Å². The number of ether oxygens (including phenoxy) is 1. The van der Waals surface area contributed by atoms with Gasteiger partial charge in [0.1, 0.15) is 17.8 Å². The first-order valence-corrected chi connectivity index (χ1v) is 11.0. The molecule has 3 heterocycles. The van der Waals surface area contributed by atoms with Gasteiger partial charge in [0.25, 0.3) is 6.43 Å². The number of carbonyl (C=O) groups is 2. The van der Waals surface area contributed by atoms with Gasteiger partial charge >= 0.3 is 5.97 Å². The Morgan fingerprint density at radius 1 is 1.26 bits per heavy atom. The van der Waals surface area contributed by atoms with Crippen LogP contribution in [-0.2, 0) is 16.1 Å². The second-order valence-electron chi connectivity index (χ2n) is 7.22. The molecule has 0 radical (unpaired) electrons. The van der Waals surface area contributed by atoms with Crippen LogP contribution < -0.4 is 5.32 Å². The van der Waals surface area contributed by atoms with Gasteiger partial charge in [-0.15, -0.1) is 0 Å². The Hall–Kier alpha value is -3.67. The van der Waals surface area contributed by atoms with Gasteiger partial charge in [-0.2, -0.15) is 10.2 Å². The van der Waals surface area contributed by atoms with Crippen LogP contribution in [0.25, 0.3) is 16.9 Å². The van der Waals surface area contributed by atoms with E-state index in [4.69, 9.17) is 4.74 Å². The van der Waals surface area contributed by atoms with Crippen molar-refractivity contribution in [1.82, 2.24) is 24.4 Å². The molecule has 0 bridgehead atoms. The third-order valence-corrected chi connectivity index (χ3v) is 5.98. The number of benzene rings is 1. The molecule has 0 saturated carbocycles. The normalized spacial score (nSPS) is 11.2. The first-order chi connectivity index (χ1) is 16.3. The molecule has 0 saturated heterocycles. The van der Waals surface area contributed by atoms with E-state index in [9.17, 15) is 18.4 Å². The maximum Gasteiger partial charge on any atom is 0.343 e. The van der Waals surface area contributed by atoms with Crippen LogP contribution in [0.5, 0.6) is 0 Å². The number of anilines is 1. The molecule has 0 aliphatic carbocycles. The lowest BCUT2D eigenvalue weighted by Crippen LogP contribution is -2.20. The number of aromatic nitrogens is 5. The Morgan fingerprint density at radius 2 is 2.06 bits per heavy atom. The van der Waals surface area contributed by atoms with Crippen LogP contribution >= 0.6 is 15.9 Å². The van der Waals surface area contributed by atoms with Crippen LogP contribution in [0.3, 0.4) is 0 Å². The molecule has 1 amide bonds. The third-order valence-electron chi connectivity index (χ3n) is 5.00. The zero-order valence-corrected chi connectivity index (χ0v) is 19.7. The van der Waals surface area contributed by atoms with Gasteiger partial charge in [0.05, 0.1) is 28.7 Å². The molecule has 1 aromatic carbocycles. The number of nitrogens with zero attached hydrogens (tertiary/aromatic N) is 5. The highest BCUT2D eigenvalue weighted by Crippen LogP contribution is 2.29. The lowest BCUT2D eigenvalue weighted by molar-refractivity contribution is -0.117. The van der Waals surface area contributed by atoms with Gasteiger partial charge < -0.3 is 10.1 Å². The maximum absolute atomic E-state index is 13.1. The van der Waals surface area contributed by atoms with Gasteiger partial charge in [-0.3, -0.25) is 9.48 Å². The summed E-state index contributed by atoms with van der Waals surface area (Å²) in [5.41, 5.74) is 2.46. The summed E-state index contributed by atoms with van der Waals surface area (Å²) in [5.74, 6) is -0.946. The monoisotopic (exact) mass is 532 g/mol. The summed E-state index contributed by atoms with van der Waals surface area (Å²) < 4.78 is 34.1. The van der Waals surface area contributed by atoms with E-state index in [0.717, 1.165) is 0 Å². The molecular weight excluding hydrogens is 514 g/mol. The van der Waals surface area contributed by atoms with E-state index in [-0.39, 0.29) is 23.2 Å². The summed E-state index contributed by atoms with van der Waals surface area (Å²) >= 11 is 3.10. The van der Waals surface area contributed by atoms with Crippen LogP contribution in [0.15, 0.2) is 47.2 Å². The molecule has 0 spiro atoms. The molecule has 0 unspecified atom stereocenters. The number of amides is 1. The molecular formula is C22H19BrF2N6O3. The number of alkyl halides is 2. The fourth-order valence-electron chi connectivity index (χ4n) is 3.40. The zero-order chi connectivity index (χ0) is 24.4. The van der Waals surface area contributed by atoms with Crippen LogP contribution in [0.1, 0.15) is 35.1 Å². The maximum atomic E-state index is 13.1. The van der Waals surface area contributed by atoms with E-state index < -0.39 is 24.0 Å². The molecule has 0 aliphatic heterocycles. The minimum Gasteiger partial charge on any atom is -0.462 e. The van der Waals surface area contributed by atoms with Crippen molar-refractivity contribution in [2.75, 3.05) is 11.9 Å². The lowest BCUT2D eigenvalue weighted by Gasteiger charge is -2.10. The highest BCUT2D eigenvalue weighted by Gasteiger charge is 2.21. The van der Waals surface area contributed by atoms with Crippen molar-refractivity contribution in [2.24, 2.45) is 0 Å². The highest BCUT2D eigenvalue weighted by atomic mass is 79.9. The van der Waals surface area contributed by atoms with E-state index in [1.165, 1.54) is 15.4 Å². The summed E-state index contributed by atoms with van der Waals surface area (Å²) in [6, 6.07) is 8.72. The van der Waals surface area contributed by atoms with E-state index in [1.54, 1.807) is 44.3 Å². The Balaban J connectivity index is 1.57. The van der Waals surface area contributed by atoms with Crippen LogP contribution in [0.2, 0.25) is 0 Å². The fraction of sp³-hybridized carbons (Fsp3) is 0.227. The molecule has 0 aliphatic rings. The molecule has 3 aromatic heterocycles. The minimum atomic E-state index is -2.75. The smallest absolute Gasteiger partial charge is 0.343 e. The van der Waals surface area contributed by atoms with Gasteiger partial charge in [0.15, 0.2) is 5.65 Å². The molecule has 1 N–H and O–H groups in total. The summed E-state index contributed by atoms with van der Waals surface area (Å²) in [4.78, 5) is 29.0. The number of hydrogen-bond donors (Lipinski definition) is 1. The number of esters is 1. The standard InChI is InChI=1S/C22H19BrF2N6O3/c1-3-34-22(33)15-10-27-31-16(7-8-26-21(15)31)13-5-4-6-14(9-13)28-17(32)11-30-12(2)18(23)19(29-30)20(24)25/h4-10,20H,3,11H2,1-2H3,(H,28,32). The fourth-order valence-corrected chi connectivity index (χ4v) is 3.85. The van der Waals surface area contributed by atoms with Crippen LogP contribution in [-0.4, -0.2) is 42.9 Å². The number of halogens is 3. The predicted molar refractivity (Wildman–Crippen MR) is 123 cm³/mol. The quantitative estimate of drug-likeness (QED) is 0.353. The second kappa shape index (κ2) is 9.67. The van der Waals surface area contributed by atoms with Gasteiger partial charge in [-0.1, -0.05) is 12.1 Å². The van der Waals surface area contributed by atoms with E-state index in [2.05, 4.69) is 36.4 Å². The van der Waals surface area contributed by atoms with Crippen molar-refractivity contribution in [1.29, 1.82) is 0 Å². The van der Waals surface area contributed by atoms with E-state index >= 15 is 0 Å². The first-order valence-electron chi connectivity index (χ1n) is 10.2. The number of nitrogens with one attached hydrogen (secondary N) is 1. The van der Waals surface area contributed by atoms with Crippen molar-refractivity contribution in [3.05, 3.63) is 64.1 Å². The Kier molecular flexibility index (Phi) is 6.68. The lowest BCUT2D eigenvalue weighted by atomic mass is 10.1. The Bertz CT molecular complexity index is 1380. The third kappa shape index (κ3) is 4.53. The van der Waals surface area contributed by atoms with Gasteiger partial charge in [0, 0.05) is 17.4 Å². The molecule has 0 atom stereocenters. The van der Waals surface area contributed by atoms with Crippen molar-refractivity contribution >= 4 is 39.1 Å². The van der Waals surface area contributed by atoms with Crippen LogP contribution in [0.4, 0.5) is 14.5 Å². The van der Waals surface area contributed by atoms with Crippen molar-refractivity contribution < 1.29 is 23.1 Å². The van der Waals surface area contributed by atoms with Gasteiger partial charge in [0.2, 0.25) is 5.91 Å².